The van der Waals surface area contributed by atoms with Gasteiger partial charge in [0.2, 0.25) is 0 Å². The number of carbonyl (C=O) groups is 1. The number of aromatic nitrogens is 3. The van der Waals surface area contributed by atoms with Crippen molar-refractivity contribution in [2.75, 3.05) is 13.2 Å². The van der Waals surface area contributed by atoms with E-state index in [4.69, 9.17) is 9.47 Å². The van der Waals surface area contributed by atoms with Gasteiger partial charge in [-0.3, -0.25) is 0 Å². The second-order valence-corrected chi connectivity index (χ2v) is 14.7. The topological polar surface area (TPSA) is 86.5 Å². The molecule has 0 aliphatic carbocycles. The molecule has 0 saturated carbocycles. The van der Waals surface area contributed by atoms with Gasteiger partial charge in [-0.2, -0.15) is 13.2 Å². The van der Waals surface area contributed by atoms with Gasteiger partial charge in [-0.1, -0.05) is 19.6 Å². The average molecular weight is 496 g/mol. The minimum atomic E-state index is -4.57. The first-order chi connectivity index (χ1) is 15.8. The van der Waals surface area contributed by atoms with E-state index < -0.39 is 25.8 Å². The minimum absolute atomic E-state index is 0.0173. The number of aromatic carboxylic acids is 1. The van der Waals surface area contributed by atoms with Crippen molar-refractivity contribution >= 4 is 25.1 Å². The van der Waals surface area contributed by atoms with Crippen LogP contribution in [0.5, 0.6) is 5.75 Å². The molecular formula is C23H28F3N3O4Si. The van der Waals surface area contributed by atoms with Crippen LogP contribution in [0.4, 0.5) is 13.2 Å². The van der Waals surface area contributed by atoms with Gasteiger partial charge in [-0.05, 0) is 38.1 Å². The van der Waals surface area contributed by atoms with Crippen molar-refractivity contribution in [3.8, 4) is 17.0 Å². The van der Waals surface area contributed by atoms with Crippen LogP contribution in [-0.4, -0.2) is 46.9 Å². The molecule has 0 spiro atoms. The first-order valence-corrected chi connectivity index (χ1v) is 14.5. The van der Waals surface area contributed by atoms with E-state index in [1.54, 1.807) is 18.4 Å². The Kier molecular flexibility index (Phi) is 7.37. The van der Waals surface area contributed by atoms with E-state index >= 15 is 0 Å². The molecule has 0 radical (unpaired) electrons. The fraction of sp³-hybridized carbons (Fsp3) is 0.435. The molecule has 1 aromatic carbocycles. The van der Waals surface area contributed by atoms with Crippen LogP contribution in [0.3, 0.4) is 0 Å². The summed E-state index contributed by atoms with van der Waals surface area (Å²) in [7, 11) is -1.36. The molecule has 11 heteroatoms. The first kappa shape index (κ1) is 25.7. The number of carboxylic acid groups (broad SMARTS) is 1. The number of ether oxygens (including phenoxy) is 2. The van der Waals surface area contributed by atoms with Crippen LogP contribution in [-0.2, 0) is 17.6 Å². The number of alkyl halides is 3. The Morgan fingerprint density at radius 3 is 2.50 bits per heavy atom. The van der Waals surface area contributed by atoms with Gasteiger partial charge in [-0.15, -0.1) is 0 Å². The highest BCUT2D eigenvalue weighted by Gasteiger charge is 2.32. The molecule has 7 nitrogen and oxygen atoms in total. The SMILES string of the molecule is CCOc1ccc(C(F)(F)F)cc1-c1ncnc2c(C(=O)O)c(C)n(COCC[Si](C)(C)C)c12. The lowest BCUT2D eigenvalue weighted by Crippen LogP contribution is -2.22. The van der Waals surface area contributed by atoms with Crippen LogP contribution in [0.15, 0.2) is 24.5 Å². The molecule has 3 rings (SSSR count). The maximum absolute atomic E-state index is 13.5. The predicted molar refractivity (Wildman–Crippen MR) is 125 cm³/mol. The van der Waals surface area contributed by atoms with Gasteiger partial charge in [0.1, 0.15) is 35.6 Å². The minimum Gasteiger partial charge on any atom is -0.493 e. The van der Waals surface area contributed by atoms with Gasteiger partial charge in [0.25, 0.3) is 0 Å². The van der Waals surface area contributed by atoms with E-state index in [2.05, 4.69) is 29.6 Å². The highest BCUT2D eigenvalue weighted by molar-refractivity contribution is 6.76. The first-order valence-electron chi connectivity index (χ1n) is 10.8. The van der Waals surface area contributed by atoms with Crippen molar-refractivity contribution in [3.05, 3.63) is 41.3 Å². The largest absolute Gasteiger partial charge is 0.493 e. The summed E-state index contributed by atoms with van der Waals surface area (Å²) in [6.45, 7) is 10.7. The third kappa shape index (κ3) is 5.41. The fourth-order valence-corrected chi connectivity index (χ4v) is 4.37. The zero-order valence-electron chi connectivity index (χ0n) is 19.8. The molecule has 2 heterocycles. The van der Waals surface area contributed by atoms with E-state index in [1.165, 1.54) is 6.07 Å². The lowest BCUT2D eigenvalue weighted by Gasteiger charge is -2.17. The number of carboxylic acids is 1. The van der Waals surface area contributed by atoms with E-state index in [-0.39, 0.29) is 46.9 Å². The Morgan fingerprint density at radius 1 is 1.21 bits per heavy atom. The van der Waals surface area contributed by atoms with Crippen molar-refractivity contribution < 1.29 is 32.5 Å². The van der Waals surface area contributed by atoms with Crippen molar-refractivity contribution in [3.63, 3.8) is 0 Å². The molecule has 1 N–H and O–H groups in total. The van der Waals surface area contributed by atoms with Gasteiger partial charge >= 0.3 is 12.1 Å². The van der Waals surface area contributed by atoms with Crippen LogP contribution >= 0.6 is 0 Å². The summed E-state index contributed by atoms with van der Waals surface area (Å²) < 4.78 is 53.5. The summed E-state index contributed by atoms with van der Waals surface area (Å²) in [6.07, 6.45) is -3.42. The van der Waals surface area contributed by atoms with Gasteiger partial charge in [-0.25, -0.2) is 14.8 Å². The number of benzene rings is 1. The summed E-state index contributed by atoms with van der Waals surface area (Å²) in [5.41, 5.74) is 0.122. The summed E-state index contributed by atoms with van der Waals surface area (Å²) in [5.74, 6) is -0.987. The van der Waals surface area contributed by atoms with Crippen molar-refractivity contribution in [1.29, 1.82) is 0 Å². The van der Waals surface area contributed by atoms with Crippen molar-refractivity contribution in [2.45, 2.75) is 52.4 Å². The van der Waals surface area contributed by atoms with E-state index in [9.17, 15) is 23.1 Å². The molecule has 0 unspecified atom stereocenters. The van der Waals surface area contributed by atoms with E-state index in [1.807, 2.05) is 0 Å². The molecule has 3 aromatic rings. The molecule has 2 aromatic heterocycles. The maximum Gasteiger partial charge on any atom is 0.416 e. The number of nitrogens with zero attached hydrogens (tertiary/aromatic N) is 3. The number of rotatable bonds is 9. The van der Waals surface area contributed by atoms with Crippen LogP contribution < -0.4 is 4.74 Å². The van der Waals surface area contributed by atoms with Crippen molar-refractivity contribution in [1.82, 2.24) is 14.5 Å². The third-order valence-electron chi connectivity index (χ3n) is 5.39. The predicted octanol–water partition coefficient (Wildman–Crippen LogP) is 5.83. The third-order valence-corrected chi connectivity index (χ3v) is 7.09. The molecule has 0 atom stereocenters. The molecule has 0 aliphatic rings. The Bertz CT molecular complexity index is 1200. The zero-order valence-corrected chi connectivity index (χ0v) is 20.8. The summed E-state index contributed by atoms with van der Waals surface area (Å²) >= 11 is 0. The average Bonchev–Trinajstić information content (AvgIpc) is 3.01. The maximum atomic E-state index is 13.5. The highest BCUT2D eigenvalue weighted by atomic mass is 28.3. The smallest absolute Gasteiger partial charge is 0.416 e. The van der Waals surface area contributed by atoms with Gasteiger partial charge in [0.05, 0.1) is 17.7 Å². The van der Waals surface area contributed by atoms with Crippen LogP contribution in [0.2, 0.25) is 25.7 Å². The number of hydrogen-bond donors (Lipinski definition) is 1. The molecule has 0 aliphatic heterocycles. The second-order valence-electron chi connectivity index (χ2n) is 9.10. The Morgan fingerprint density at radius 2 is 1.91 bits per heavy atom. The molecule has 34 heavy (non-hydrogen) atoms. The number of hydrogen-bond acceptors (Lipinski definition) is 5. The van der Waals surface area contributed by atoms with Crippen LogP contribution in [0.1, 0.15) is 28.5 Å². The fourth-order valence-electron chi connectivity index (χ4n) is 3.61. The molecule has 0 bridgehead atoms. The molecule has 0 amide bonds. The Labute approximate surface area is 196 Å². The Balaban J connectivity index is 2.23. The quantitative estimate of drug-likeness (QED) is 0.297. The molecular weight excluding hydrogens is 467 g/mol. The van der Waals surface area contributed by atoms with E-state index in [0.29, 0.717) is 12.3 Å². The summed E-state index contributed by atoms with van der Waals surface area (Å²) in [6, 6.07) is 4.06. The summed E-state index contributed by atoms with van der Waals surface area (Å²) in [5, 5.41) is 9.82. The normalized spacial score (nSPS) is 12.4. The van der Waals surface area contributed by atoms with Crippen LogP contribution in [0, 0.1) is 6.92 Å². The lowest BCUT2D eigenvalue weighted by atomic mass is 10.0. The Hall–Kier alpha value is -2.92. The molecule has 184 valence electrons. The van der Waals surface area contributed by atoms with Gasteiger partial charge in [0.15, 0.2) is 0 Å². The second kappa shape index (κ2) is 9.75. The van der Waals surface area contributed by atoms with E-state index in [0.717, 1.165) is 24.5 Å². The van der Waals surface area contributed by atoms with Gasteiger partial charge in [0, 0.05) is 25.9 Å². The summed E-state index contributed by atoms with van der Waals surface area (Å²) in [4.78, 5) is 20.5. The standard InChI is InChI=1S/C23H28F3N3O4Si/c1-6-33-17-8-7-15(23(24,25)26)11-16(17)19-21-20(28-12-27-19)18(22(30)31)14(2)29(21)13-32-9-10-34(3,4)5/h7-8,11-12H,6,9-10,13H2,1-5H3,(H,30,31). The van der Waals surface area contributed by atoms with Crippen molar-refractivity contribution in [2.24, 2.45) is 0 Å². The van der Waals surface area contributed by atoms with Gasteiger partial charge < -0.3 is 19.1 Å². The molecule has 0 fully saturated rings. The number of fused-ring (bicyclic) bond motifs is 1. The monoisotopic (exact) mass is 495 g/mol. The molecule has 0 saturated heterocycles. The van der Waals surface area contributed by atoms with Crippen LogP contribution in [0.25, 0.3) is 22.3 Å². The zero-order chi connectivity index (χ0) is 25.3. The highest BCUT2D eigenvalue weighted by Crippen LogP contribution is 2.40. The number of halogens is 3. The lowest BCUT2D eigenvalue weighted by molar-refractivity contribution is -0.137.